The average Bonchev–Trinajstić information content (AvgIpc) is 3.17. The van der Waals surface area contributed by atoms with Crippen LogP contribution in [0.5, 0.6) is 0 Å². The Hall–Kier alpha value is -2.26. The number of hydrogen-bond donors (Lipinski definition) is 2. The van der Waals surface area contributed by atoms with Gasteiger partial charge in [0.2, 0.25) is 5.91 Å². The van der Waals surface area contributed by atoms with Crippen molar-refractivity contribution in [2.24, 2.45) is 0 Å². The van der Waals surface area contributed by atoms with Crippen molar-refractivity contribution in [2.45, 2.75) is 62.7 Å². The first-order chi connectivity index (χ1) is 14.4. The Bertz CT molecular complexity index is 1000. The first-order valence-electron chi connectivity index (χ1n) is 10.2. The molecule has 0 bridgehead atoms. The molecular formula is C20H24ClN5O3S. The molecule has 1 saturated carbocycles. The zero-order valence-corrected chi connectivity index (χ0v) is 18.3. The van der Waals surface area contributed by atoms with E-state index in [0.717, 1.165) is 48.3 Å². The maximum atomic E-state index is 12.8. The molecule has 1 aliphatic heterocycles. The number of aryl methyl sites for hydroxylation is 1. The number of nitrogens with one attached hydrogen (secondary N) is 2. The van der Waals surface area contributed by atoms with Gasteiger partial charge < -0.3 is 9.88 Å². The third kappa shape index (κ3) is 3.88. The number of rotatable bonds is 6. The van der Waals surface area contributed by atoms with E-state index in [1.807, 2.05) is 16.7 Å². The Morgan fingerprint density at radius 1 is 1.30 bits per heavy atom. The highest BCUT2D eigenvalue weighted by molar-refractivity contribution is 7.99. The lowest BCUT2D eigenvalue weighted by Crippen LogP contribution is -2.51. The molecule has 10 heteroatoms. The number of hydrazine groups is 1. The van der Waals surface area contributed by atoms with Gasteiger partial charge >= 0.3 is 6.03 Å². The van der Waals surface area contributed by atoms with Crippen molar-refractivity contribution in [1.82, 2.24) is 25.3 Å². The number of thioether (sulfide) groups is 1. The summed E-state index contributed by atoms with van der Waals surface area (Å²) in [5.74, 6) is -0.756. The van der Waals surface area contributed by atoms with Crippen LogP contribution in [0.15, 0.2) is 23.4 Å². The van der Waals surface area contributed by atoms with Crippen LogP contribution in [-0.4, -0.2) is 43.7 Å². The highest BCUT2D eigenvalue weighted by Gasteiger charge is 2.52. The predicted molar refractivity (Wildman–Crippen MR) is 115 cm³/mol. The van der Waals surface area contributed by atoms with Crippen molar-refractivity contribution in [3.05, 3.63) is 23.2 Å². The van der Waals surface area contributed by atoms with Crippen LogP contribution >= 0.6 is 23.4 Å². The second-order valence-corrected chi connectivity index (χ2v) is 9.10. The molecule has 1 aromatic heterocycles. The molecule has 2 aromatic rings. The minimum absolute atomic E-state index is 0.0326. The summed E-state index contributed by atoms with van der Waals surface area (Å²) in [6.45, 7) is 2.83. The quantitative estimate of drug-likeness (QED) is 0.520. The van der Waals surface area contributed by atoms with Gasteiger partial charge in [-0.05, 0) is 37.5 Å². The number of halogens is 1. The summed E-state index contributed by atoms with van der Waals surface area (Å²) < 4.78 is 2.05. The highest BCUT2D eigenvalue weighted by Crippen LogP contribution is 2.33. The van der Waals surface area contributed by atoms with Crippen molar-refractivity contribution in [1.29, 1.82) is 0 Å². The van der Waals surface area contributed by atoms with Crippen LogP contribution in [0.4, 0.5) is 4.79 Å². The Labute approximate surface area is 183 Å². The van der Waals surface area contributed by atoms with Gasteiger partial charge in [0.05, 0.1) is 16.8 Å². The van der Waals surface area contributed by atoms with Crippen LogP contribution in [0.25, 0.3) is 11.0 Å². The molecule has 0 atom stereocenters. The van der Waals surface area contributed by atoms with Gasteiger partial charge in [0.25, 0.3) is 5.91 Å². The largest absolute Gasteiger partial charge is 0.344 e. The fourth-order valence-corrected chi connectivity index (χ4v) is 5.13. The van der Waals surface area contributed by atoms with Crippen LogP contribution in [0.2, 0.25) is 5.02 Å². The number of benzene rings is 1. The average molecular weight is 450 g/mol. The molecule has 1 saturated heterocycles. The number of amides is 4. The number of fused-ring (bicyclic) bond motifs is 1. The van der Waals surface area contributed by atoms with Crippen LogP contribution < -0.4 is 10.7 Å². The smallest absolute Gasteiger partial charge is 0.322 e. The molecule has 4 rings (SSSR count). The fraction of sp³-hybridized carbons (Fsp3) is 0.500. The van der Waals surface area contributed by atoms with Gasteiger partial charge in [0.15, 0.2) is 5.16 Å². The molecule has 4 amide bonds. The lowest BCUT2D eigenvalue weighted by molar-refractivity contribution is -0.139. The Morgan fingerprint density at radius 2 is 2.07 bits per heavy atom. The molecule has 1 spiro atoms. The van der Waals surface area contributed by atoms with Crippen LogP contribution in [0.1, 0.15) is 45.4 Å². The van der Waals surface area contributed by atoms with Crippen molar-refractivity contribution in [2.75, 3.05) is 5.75 Å². The number of hydrogen-bond acceptors (Lipinski definition) is 5. The van der Waals surface area contributed by atoms with E-state index in [4.69, 9.17) is 11.6 Å². The Morgan fingerprint density at radius 3 is 2.80 bits per heavy atom. The number of carbonyl (C=O) groups is 3. The molecule has 1 aromatic carbocycles. The van der Waals surface area contributed by atoms with Gasteiger partial charge in [-0.2, -0.15) is 5.01 Å². The molecule has 8 nitrogen and oxygen atoms in total. The molecule has 2 aliphatic rings. The standard InChI is InChI=1S/C20H24ClN5O3S/c1-2-10-25-15-7-6-13(21)11-14(15)22-19(25)30-12-16(27)24-26-17(28)20(23-18(26)29)8-4-3-5-9-20/h6-7,11H,2-5,8-10,12H2,1H3,(H,23,29)(H,24,27). The van der Waals surface area contributed by atoms with E-state index in [9.17, 15) is 14.4 Å². The first-order valence-corrected chi connectivity index (χ1v) is 11.5. The van der Waals surface area contributed by atoms with Crippen LogP contribution in [-0.2, 0) is 16.1 Å². The minimum atomic E-state index is -0.857. The molecule has 2 N–H and O–H groups in total. The van der Waals surface area contributed by atoms with Crippen LogP contribution in [0.3, 0.4) is 0 Å². The number of imide groups is 1. The molecule has 160 valence electrons. The lowest BCUT2D eigenvalue weighted by atomic mass is 9.82. The summed E-state index contributed by atoms with van der Waals surface area (Å²) in [6, 6.07) is 4.97. The normalized spacial score (nSPS) is 18.3. The van der Waals surface area contributed by atoms with Crippen molar-refractivity contribution in [3.8, 4) is 0 Å². The molecule has 0 radical (unpaired) electrons. The van der Waals surface area contributed by atoms with Gasteiger partial charge in [-0.15, -0.1) is 0 Å². The monoisotopic (exact) mass is 449 g/mol. The third-order valence-corrected chi connectivity index (χ3v) is 6.77. The second kappa shape index (κ2) is 8.47. The molecule has 2 fully saturated rings. The number of nitrogens with zero attached hydrogens (tertiary/aromatic N) is 3. The number of aromatic nitrogens is 2. The van der Waals surface area contributed by atoms with Crippen molar-refractivity contribution in [3.63, 3.8) is 0 Å². The molecule has 0 unspecified atom stereocenters. The predicted octanol–water partition coefficient (Wildman–Crippen LogP) is 3.48. The number of urea groups is 1. The van der Waals surface area contributed by atoms with E-state index in [1.54, 1.807) is 6.07 Å². The van der Waals surface area contributed by atoms with Gasteiger partial charge in [-0.3, -0.25) is 15.0 Å². The second-order valence-electron chi connectivity index (χ2n) is 7.72. The zero-order valence-electron chi connectivity index (χ0n) is 16.7. The summed E-state index contributed by atoms with van der Waals surface area (Å²) in [5, 5.41) is 4.92. The summed E-state index contributed by atoms with van der Waals surface area (Å²) in [5.41, 5.74) is 3.34. The summed E-state index contributed by atoms with van der Waals surface area (Å²) in [6.07, 6.45) is 4.98. The van der Waals surface area contributed by atoms with E-state index in [2.05, 4.69) is 22.7 Å². The van der Waals surface area contributed by atoms with E-state index < -0.39 is 17.5 Å². The van der Waals surface area contributed by atoms with E-state index in [0.29, 0.717) is 23.0 Å². The molecular weight excluding hydrogens is 426 g/mol. The maximum absolute atomic E-state index is 12.8. The fourth-order valence-electron chi connectivity index (χ4n) is 4.13. The summed E-state index contributed by atoms with van der Waals surface area (Å²) >= 11 is 7.34. The third-order valence-electron chi connectivity index (χ3n) is 5.56. The van der Waals surface area contributed by atoms with Crippen molar-refractivity contribution < 1.29 is 14.4 Å². The summed E-state index contributed by atoms with van der Waals surface area (Å²) in [7, 11) is 0. The number of carbonyl (C=O) groups excluding carboxylic acids is 3. The number of imidazole rings is 1. The van der Waals surface area contributed by atoms with E-state index in [-0.39, 0.29) is 11.7 Å². The Kier molecular flexibility index (Phi) is 5.92. The first kappa shape index (κ1) is 21.0. The highest BCUT2D eigenvalue weighted by atomic mass is 35.5. The minimum Gasteiger partial charge on any atom is -0.322 e. The van der Waals surface area contributed by atoms with Gasteiger partial charge in [0.1, 0.15) is 5.54 Å². The van der Waals surface area contributed by atoms with Gasteiger partial charge in [0, 0.05) is 11.6 Å². The van der Waals surface area contributed by atoms with Crippen LogP contribution in [0, 0.1) is 0 Å². The Balaban J connectivity index is 1.43. The van der Waals surface area contributed by atoms with Gasteiger partial charge in [-0.25, -0.2) is 9.78 Å². The van der Waals surface area contributed by atoms with Gasteiger partial charge in [-0.1, -0.05) is 49.5 Å². The van der Waals surface area contributed by atoms with Crippen molar-refractivity contribution >= 4 is 52.2 Å². The molecule has 30 heavy (non-hydrogen) atoms. The summed E-state index contributed by atoms with van der Waals surface area (Å²) in [4.78, 5) is 42.2. The van der Waals surface area contributed by atoms with E-state index >= 15 is 0 Å². The molecule has 1 aliphatic carbocycles. The zero-order chi connectivity index (χ0) is 21.3. The maximum Gasteiger partial charge on any atom is 0.344 e. The SMILES string of the molecule is CCCn1c(SCC(=O)NN2C(=O)NC3(CCCCC3)C2=O)nc2cc(Cl)ccc21. The topological polar surface area (TPSA) is 96.3 Å². The van der Waals surface area contributed by atoms with E-state index in [1.165, 1.54) is 11.8 Å². The lowest BCUT2D eigenvalue weighted by Gasteiger charge is -2.30. The molecule has 2 heterocycles.